The number of aldehydes is 1. The third-order valence-corrected chi connectivity index (χ3v) is 1.85. The van der Waals surface area contributed by atoms with Gasteiger partial charge in [0.25, 0.3) is 0 Å². The molecule has 0 rings (SSSR count). The van der Waals surface area contributed by atoms with Gasteiger partial charge in [-0.25, -0.2) is 0 Å². The second-order valence-electron chi connectivity index (χ2n) is 2.79. The van der Waals surface area contributed by atoms with E-state index in [-0.39, 0.29) is 6.61 Å². The molecule has 0 aromatic carbocycles. The fraction of sp³-hybridized carbons (Fsp3) is 0.889. The van der Waals surface area contributed by atoms with E-state index in [1.807, 2.05) is 6.92 Å². The Morgan fingerprint density at radius 1 is 1.57 bits per heavy atom. The molecule has 84 valence electrons. The van der Waals surface area contributed by atoms with E-state index in [2.05, 4.69) is 0 Å². The van der Waals surface area contributed by atoms with Gasteiger partial charge in [0.15, 0.2) is 0 Å². The first-order valence-electron chi connectivity index (χ1n) is 4.72. The molecular weight excluding hydrogens is 186 g/mol. The van der Waals surface area contributed by atoms with Crippen LogP contribution in [-0.4, -0.2) is 56.1 Å². The summed E-state index contributed by atoms with van der Waals surface area (Å²) in [5.41, 5.74) is 0. The molecule has 0 aliphatic heterocycles. The normalized spacial score (nSPS) is 13.1. The number of methoxy groups -OCH3 is 1. The number of hydrogen-bond acceptors (Lipinski definition) is 5. The molecule has 0 aliphatic carbocycles. The number of ether oxygens (including phenoxy) is 2. The van der Waals surface area contributed by atoms with Crippen LogP contribution in [0.1, 0.15) is 13.3 Å². The highest BCUT2D eigenvalue weighted by Gasteiger charge is 2.11. The molecule has 0 bridgehead atoms. The van der Waals surface area contributed by atoms with Crippen molar-refractivity contribution in [2.24, 2.45) is 0 Å². The van der Waals surface area contributed by atoms with Crippen molar-refractivity contribution in [3.05, 3.63) is 0 Å². The molecule has 0 saturated carbocycles. The maximum Gasteiger partial charge on any atom is 0.215 e. The van der Waals surface area contributed by atoms with Gasteiger partial charge in [0.1, 0.15) is 12.9 Å². The van der Waals surface area contributed by atoms with Gasteiger partial charge in [-0.2, -0.15) is 0 Å². The summed E-state index contributed by atoms with van der Waals surface area (Å²) in [5, 5.41) is 9.33. The number of carbonyl (C=O) groups is 1. The van der Waals surface area contributed by atoms with E-state index < -0.39 is 6.41 Å². The molecular formula is C9H19NO4. The molecule has 0 spiro atoms. The van der Waals surface area contributed by atoms with E-state index >= 15 is 0 Å². The highest BCUT2D eigenvalue weighted by atomic mass is 16.6. The molecule has 14 heavy (non-hydrogen) atoms. The number of rotatable bonds is 9. The van der Waals surface area contributed by atoms with E-state index in [0.29, 0.717) is 19.7 Å². The largest absolute Gasteiger partial charge is 0.374 e. The highest BCUT2D eigenvalue weighted by Crippen LogP contribution is 1.98. The highest BCUT2D eigenvalue weighted by molar-refractivity contribution is 5.50. The Balaban J connectivity index is 3.47. The van der Waals surface area contributed by atoms with Crippen LogP contribution in [0.2, 0.25) is 0 Å². The minimum atomic E-state index is -0.855. The minimum Gasteiger partial charge on any atom is -0.374 e. The maximum absolute atomic E-state index is 9.92. The predicted molar refractivity (Wildman–Crippen MR) is 51.8 cm³/mol. The molecule has 0 unspecified atom stereocenters. The summed E-state index contributed by atoms with van der Waals surface area (Å²) >= 11 is 0. The lowest BCUT2D eigenvalue weighted by Gasteiger charge is -2.24. The molecule has 5 heteroatoms. The minimum absolute atomic E-state index is 0.138. The fourth-order valence-corrected chi connectivity index (χ4v) is 1.07. The number of carbonyl (C=O) groups excluding carboxylic acids is 1. The Kier molecular flexibility index (Phi) is 8.76. The Bertz CT molecular complexity index is 143. The average Bonchev–Trinajstić information content (AvgIpc) is 2.22. The van der Waals surface area contributed by atoms with Gasteiger partial charge in [-0.15, -0.1) is 0 Å². The van der Waals surface area contributed by atoms with Crippen LogP contribution in [0.5, 0.6) is 0 Å². The van der Waals surface area contributed by atoms with Crippen molar-refractivity contribution in [1.29, 1.82) is 0 Å². The van der Waals surface area contributed by atoms with E-state index in [9.17, 15) is 9.90 Å². The summed E-state index contributed by atoms with van der Waals surface area (Å²) in [4.78, 5) is 11.7. The van der Waals surface area contributed by atoms with Gasteiger partial charge in [-0.05, 0) is 13.0 Å². The lowest BCUT2D eigenvalue weighted by molar-refractivity contribution is -0.175. The molecule has 0 aliphatic rings. The van der Waals surface area contributed by atoms with Crippen molar-refractivity contribution in [2.75, 3.05) is 33.4 Å². The predicted octanol–water partition coefficient (Wildman–Crippen LogP) is -0.164. The Labute approximate surface area is 84.6 Å². The van der Waals surface area contributed by atoms with E-state index in [1.54, 1.807) is 4.90 Å². The molecule has 0 saturated heterocycles. The van der Waals surface area contributed by atoms with Crippen LogP contribution < -0.4 is 0 Å². The standard InChI is InChI=1S/C9H19NO4/c1-3-10(9(12)13-2)5-4-7-14-8-6-11/h6,9,12H,3-5,7-8H2,1-2H3/t9-/m0/s1. The number of nitrogens with zero attached hydrogens (tertiary/aromatic N) is 1. The van der Waals surface area contributed by atoms with Crippen LogP contribution in [0.25, 0.3) is 0 Å². The van der Waals surface area contributed by atoms with Crippen LogP contribution in [0.15, 0.2) is 0 Å². The first-order valence-corrected chi connectivity index (χ1v) is 4.72. The Morgan fingerprint density at radius 2 is 2.29 bits per heavy atom. The van der Waals surface area contributed by atoms with Crippen molar-refractivity contribution in [1.82, 2.24) is 4.90 Å². The smallest absolute Gasteiger partial charge is 0.215 e. The number of hydrogen-bond donors (Lipinski definition) is 1. The quantitative estimate of drug-likeness (QED) is 0.322. The summed E-state index contributed by atoms with van der Waals surface area (Å²) in [6, 6.07) is 0. The Hall–Kier alpha value is -0.490. The molecule has 0 aromatic rings. The molecule has 0 aromatic heterocycles. The van der Waals surface area contributed by atoms with Crippen molar-refractivity contribution < 1.29 is 19.4 Å². The second kappa shape index (κ2) is 9.08. The van der Waals surface area contributed by atoms with Crippen molar-refractivity contribution >= 4 is 6.29 Å². The zero-order valence-electron chi connectivity index (χ0n) is 8.81. The monoisotopic (exact) mass is 205 g/mol. The van der Waals surface area contributed by atoms with Crippen molar-refractivity contribution in [2.45, 2.75) is 19.8 Å². The summed E-state index contributed by atoms with van der Waals surface area (Å²) in [6.45, 7) is 3.99. The zero-order valence-corrected chi connectivity index (χ0v) is 8.81. The molecule has 1 atom stereocenters. The molecule has 0 radical (unpaired) electrons. The fourth-order valence-electron chi connectivity index (χ4n) is 1.07. The molecule has 0 heterocycles. The van der Waals surface area contributed by atoms with Crippen LogP contribution in [0, 0.1) is 0 Å². The van der Waals surface area contributed by atoms with E-state index in [1.165, 1.54) is 7.11 Å². The van der Waals surface area contributed by atoms with Gasteiger partial charge in [0.05, 0.1) is 0 Å². The van der Waals surface area contributed by atoms with Crippen molar-refractivity contribution in [3.63, 3.8) is 0 Å². The molecule has 0 amide bonds. The van der Waals surface area contributed by atoms with E-state index in [4.69, 9.17) is 9.47 Å². The summed E-state index contributed by atoms with van der Waals surface area (Å²) in [6.07, 6.45) is 0.634. The maximum atomic E-state index is 9.92. The van der Waals surface area contributed by atoms with E-state index in [0.717, 1.165) is 12.7 Å². The first kappa shape index (κ1) is 13.5. The van der Waals surface area contributed by atoms with Crippen LogP contribution in [0.3, 0.4) is 0 Å². The second-order valence-corrected chi connectivity index (χ2v) is 2.79. The summed E-state index contributed by atoms with van der Waals surface area (Å²) in [7, 11) is 1.45. The van der Waals surface area contributed by atoms with Gasteiger partial charge in [0.2, 0.25) is 6.41 Å². The first-order chi connectivity index (χ1) is 6.76. The van der Waals surface area contributed by atoms with Crippen LogP contribution in [0.4, 0.5) is 0 Å². The van der Waals surface area contributed by atoms with Crippen LogP contribution >= 0.6 is 0 Å². The third kappa shape index (κ3) is 6.04. The van der Waals surface area contributed by atoms with Crippen molar-refractivity contribution in [3.8, 4) is 0 Å². The molecule has 5 nitrogen and oxygen atoms in total. The average molecular weight is 205 g/mol. The lowest BCUT2D eigenvalue weighted by Crippen LogP contribution is -2.37. The summed E-state index contributed by atoms with van der Waals surface area (Å²) < 4.78 is 9.74. The van der Waals surface area contributed by atoms with Gasteiger partial charge in [0, 0.05) is 20.3 Å². The molecule has 1 N–H and O–H groups in total. The van der Waals surface area contributed by atoms with Gasteiger partial charge in [-0.1, -0.05) is 6.92 Å². The lowest BCUT2D eigenvalue weighted by atomic mass is 10.4. The Morgan fingerprint density at radius 3 is 2.79 bits per heavy atom. The topological polar surface area (TPSA) is 59.0 Å². The third-order valence-electron chi connectivity index (χ3n) is 1.85. The zero-order chi connectivity index (χ0) is 10.8. The number of aliphatic hydroxyl groups excluding tert-OH is 1. The van der Waals surface area contributed by atoms with Crippen LogP contribution in [-0.2, 0) is 14.3 Å². The van der Waals surface area contributed by atoms with Gasteiger partial charge >= 0.3 is 0 Å². The molecule has 0 fully saturated rings. The van der Waals surface area contributed by atoms with Gasteiger partial charge in [-0.3, -0.25) is 4.90 Å². The SMILES string of the molecule is CCN(CCCOCC=O)[C@@H](O)OC. The number of aliphatic hydroxyl groups is 1. The summed E-state index contributed by atoms with van der Waals surface area (Å²) in [5.74, 6) is 0. The van der Waals surface area contributed by atoms with Gasteiger partial charge < -0.3 is 19.4 Å².